The van der Waals surface area contributed by atoms with E-state index in [0.29, 0.717) is 17.4 Å². The molecule has 0 saturated heterocycles. The zero-order chi connectivity index (χ0) is 19.0. The number of hydrogen-bond donors (Lipinski definition) is 1. The molecular weight excluding hydrogens is 346 g/mol. The lowest BCUT2D eigenvalue weighted by Crippen LogP contribution is -2.22. The maximum Gasteiger partial charge on any atom is 0.269 e. The second-order valence-corrected chi connectivity index (χ2v) is 7.58. The Labute approximate surface area is 156 Å². The van der Waals surface area contributed by atoms with Gasteiger partial charge in [-0.15, -0.1) is 0 Å². The molecular formula is C20H21N3O4. The van der Waals surface area contributed by atoms with Gasteiger partial charge in [-0.3, -0.25) is 14.9 Å². The van der Waals surface area contributed by atoms with Crippen LogP contribution in [-0.2, 0) is 4.79 Å². The highest BCUT2D eigenvalue weighted by molar-refractivity contribution is 5.85. The summed E-state index contributed by atoms with van der Waals surface area (Å²) in [6.45, 7) is 2.20. The van der Waals surface area contributed by atoms with Gasteiger partial charge >= 0.3 is 0 Å². The van der Waals surface area contributed by atoms with Gasteiger partial charge in [0.05, 0.1) is 11.1 Å². The molecule has 7 nitrogen and oxygen atoms in total. The number of rotatable bonds is 5. The first-order valence-electron chi connectivity index (χ1n) is 9.16. The molecule has 1 aromatic heterocycles. The molecule has 0 bridgehead atoms. The van der Waals surface area contributed by atoms with Gasteiger partial charge in [-0.05, 0) is 48.4 Å². The maximum atomic E-state index is 12.4. The van der Waals surface area contributed by atoms with E-state index >= 15 is 0 Å². The predicted octanol–water partition coefficient (Wildman–Crippen LogP) is 4.13. The van der Waals surface area contributed by atoms with Gasteiger partial charge in [0.1, 0.15) is 11.5 Å². The summed E-state index contributed by atoms with van der Waals surface area (Å²) < 4.78 is 5.67. The highest BCUT2D eigenvalue weighted by Crippen LogP contribution is 2.66. The van der Waals surface area contributed by atoms with E-state index in [9.17, 15) is 14.9 Å². The minimum Gasteiger partial charge on any atom is -0.455 e. The smallest absolute Gasteiger partial charge is 0.269 e. The van der Waals surface area contributed by atoms with Crippen molar-refractivity contribution in [1.29, 1.82) is 0 Å². The third-order valence-corrected chi connectivity index (χ3v) is 5.97. The summed E-state index contributed by atoms with van der Waals surface area (Å²) in [5, 5.41) is 14.7. The molecule has 2 aliphatic rings. The van der Waals surface area contributed by atoms with Crippen molar-refractivity contribution in [2.75, 3.05) is 0 Å². The summed E-state index contributed by atoms with van der Waals surface area (Å²) in [7, 11) is 0. The fourth-order valence-electron chi connectivity index (χ4n) is 4.40. The molecule has 1 amide bonds. The van der Waals surface area contributed by atoms with Crippen LogP contribution in [0.2, 0.25) is 0 Å². The Hall–Kier alpha value is -2.96. The Kier molecular flexibility index (Phi) is 4.30. The number of carbonyl (C=O) groups is 1. The molecule has 0 radical (unpaired) electrons. The average molecular weight is 367 g/mol. The monoisotopic (exact) mass is 367 g/mol. The van der Waals surface area contributed by atoms with Crippen molar-refractivity contribution in [2.45, 2.75) is 32.6 Å². The largest absolute Gasteiger partial charge is 0.455 e. The van der Waals surface area contributed by atoms with Gasteiger partial charge in [0.15, 0.2) is 0 Å². The average Bonchev–Trinajstić information content (AvgIpc) is 3.03. The molecule has 1 aromatic carbocycles. The van der Waals surface area contributed by atoms with Crippen molar-refractivity contribution < 1.29 is 14.1 Å². The van der Waals surface area contributed by atoms with Crippen LogP contribution in [-0.4, -0.2) is 17.0 Å². The number of nitro benzene ring substituents is 1. The molecule has 140 valence electrons. The summed E-state index contributed by atoms with van der Waals surface area (Å²) >= 11 is 0. The Morgan fingerprint density at radius 3 is 2.74 bits per heavy atom. The van der Waals surface area contributed by atoms with Crippen molar-refractivity contribution in [3.63, 3.8) is 0 Å². The van der Waals surface area contributed by atoms with Crippen LogP contribution in [0, 0.1) is 27.4 Å². The summed E-state index contributed by atoms with van der Waals surface area (Å²) in [4.78, 5) is 22.6. The minimum absolute atomic E-state index is 0.0113. The van der Waals surface area contributed by atoms with E-state index in [1.807, 2.05) is 0 Å². The predicted molar refractivity (Wildman–Crippen MR) is 100 cm³/mol. The van der Waals surface area contributed by atoms with Crippen LogP contribution in [0.1, 0.15) is 38.4 Å². The highest BCUT2D eigenvalue weighted by atomic mass is 16.6. The summed E-state index contributed by atoms with van der Waals surface area (Å²) in [5.41, 5.74) is 3.56. The Morgan fingerprint density at radius 2 is 2.07 bits per heavy atom. The summed E-state index contributed by atoms with van der Waals surface area (Å²) in [6.07, 6.45) is 6.15. The van der Waals surface area contributed by atoms with Gasteiger partial charge in [-0.2, -0.15) is 5.10 Å². The van der Waals surface area contributed by atoms with Crippen molar-refractivity contribution in [1.82, 2.24) is 5.43 Å². The summed E-state index contributed by atoms with van der Waals surface area (Å²) in [5.74, 6) is 1.65. The van der Waals surface area contributed by atoms with Crippen LogP contribution >= 0.6 is 0 Å². The third-order valence-electron chi connectivity index (χ3n) is 5.97. The van der Waals surface area contributed by atoms with E-state index < -0.39 is 4.92 Å². The van der Waals surface area contributed by atoms with E-state index in [1.54, 1.807) is 24.3 Å². The molecule has 2 fully saturated rings. The Balaban J connectivity index is 1.36. The van der Waals surface area contributed by atoms with Crippen molar-refractivity contribution in [3.8, 4) is 11.3 Å². The van der Waals surface area contributed by atoms with Crippen LogP contribution in [0.15, 0.2) is 45.9 Å². The molecule has 1 N–H and O–H groups in total. The Morgan fingerprint density at radius 1 is 1.30 bits per heavy atom. The molecule has 2 saturated carbocycles. The van der Waals surface area contributed by atoms with E-state index in [2.05, 4.69) is 17.5 Å². The molecule has 0 unspecified atom stereocenters. The maximum absolute atomic E-state index is 12.4. The number of hydrazone groups is 1. The number of non-ortho nitro benzene ring substituents is 1. The van der Waals surface area contributed by atoms with Crippen LogP contribution in [0.25, 0.3) is 11.3 Å². The first-order chi connectivity index (χ1) is 13.0. The van der Waals surface area contributed by atoms with Gasteiger partial charge in [0.25, 0.3) is 5.69 Å². The molecule has 3 atom stereocenters. The van der Waals surface area contributed by atoms with E-state index in [-0.39, 0.29) is 22.9 Å². The van der Waals surface area contributed by atoms with Gasteiger partial charge in [0.2, 0.25) is 5.91 Å². The number of amides is 1. The lowest BCUT2D eigenvalue weighted by molar-refractivity contribution is -0.384. The zero-order valence-electron chi connectivity index (χ0n) is 15.1. The number of furan rings is 1. The number of nitrogens with zero attached hydrogens (tertiary/aromatic N) is 2. The third kappa shape index (κ3) is 3.25. The van der Waals surface area contributed by atoms with Crippen LogP contribution in [0.4, 0.5) is 5.69 Å². The van der Waals surface area contributed by atoms with E-state index in [0.717, 1.165) is 18.4 Å². The first kappa shape index (κ1) is 17.5. The molecule has 0 aliphatic heterocycles. The van der Waals surface area contributed by atoms with E-state index in [4.69, 9.17) is 4.42 Å². The molecule has 27 heavy (non-hydrogen) atoms. The normalized spacial score (nSPS) is 26.6. The summed E-state index contributed by atoms with van der Waals surface area (Å²) in [6, 6.07) is 9.64. The Bertz CT molecular complexity index is 902. The number of nitro groups is 1. The number of benzene rings is 1. The molecule has 0 spiro atoms. The van der Waals surface area contributed by atoms with Crippen LogP contribution < -0.4 is 5.43 Å². The van der Waals surface area contributed by atoms with Gasteiger partial charge < -0.3 is 4.42 Å². The van der Waals surface area contributed by atoms with Crippen LogP contribution in [0.3, 0.4) is 0 Å². The SMILES string of the molecule is C[C@]12CCCC[C@H]1[C@@H]2C(=O)N/N=C\c1ccc(-c2ccc([N+](=O)[O-])cc2)o1. The molecule has 4 rings (SSSR count). The second-order valence-electron chi connectivity index (χ2n) is 7.58. The highest BCUT2D eigenvalue weighted by Gasteiger charge is 2.64. The topological polar surface area (TPSA) is 97.7 Å². The lowest BCUT2D eigenvalue weighted by Gasteiger charge is -2.15. The quantitative estimate of drug-likeness (QED) is 0.488. The van der Waals surface area contributed by atoms with Crippen molar-refractivity contribution in [3.05, 3.63) is 52.3 Å². The minimum atomic E-state index is -0.441. The van der Waals surface area contributed by atoms with Gasteiger partial charge in [0, 0.05) is 23.6 Å². The fourth-order valence-corrected chi connectivity index (χ4v) is 4.40. The lowest BCUT2D eigenvalue weighted by atomic mass is 9.90. The fraction of sp³-hybridized carbons (Fsp3) is 0.400. The standard InChI is InChI=1S/C20H21N3O4/c1-20-11-3-2-4-16(20)18(20)19(24)22-21-12-15-9-10-17(27-15)13-5-7-14(8-6-13)23(25)26/h5-10,12,16,18H,2-4,11H2,1H3,(H,22,24)/b21-12-/t16-,18+,20-/m0/s1. The number of hydrogen-bond acceptors (Lipinski definition) is 5. The molecule has 2 aromatic rings. The molecule has 2 aliphatic carbocycles. The molecule has 7 heteroatoms. The van der Waals surface area contributed by atoms with Gasteiger partial charge in [-0.25, -0.2) is 5.43 Å². The number of carbonyl (C=O) groups excluding carboxylic acids is 1. The first-order valence-corrected chi connectivity index (χ1v) is 9.16. The molecule has 1 heterocycles. The number of fused-ring (bicyclic) bond motifs is 1. The number of nitrogens with one attached hydrogen (secondary N) is 1. The van der Waals surface area contributed by atoms with Crippen LogP contribution in [0.5, 0.6) is 0 Å². The zero-order valence-corrected chi connectivity index (χ0v) is 15.1. The van der Waals surface area contributed by atoms with E-state index in [1.165, 1.54) is 31.2 Å². The van der Waals surface area contributed by atoms with Crippen molar-refractivity contribution in [2.24, 2.45) is 22.4 Å². The van der Waals surface area contributed by atoms with Gasteiger partial charge in [-0.1, -0.05) is 19.8 Å². The van der Waals surface area contributed by atoms with Crippen molar-refractivity contribution >= 4 is 17.8 Å². The second kappa shape index (κ2) is 6.64.